The van der Waals surface area contributed by atoms with E-state index in [0.29, 0.717) is 25.3 Å². The number of nitrogens with one attached hydrogen (secondary N) is 1. The van der Waals surface area contributed by atoms with Crippen molar-refractivity contribution in [2.75, 3.05) is 32.8 Å². The predicted molar refractivity (Wildman–Crippen MR) is 111 cm³/mol. The monoisotopic (exact) mass is 368 g/mol. The molecule has 2 aromatic carbocycles. The van der Waals surface area contributed by atoms with Crippen LogP contribution < -0.4 is 5.32 Å². The Morgan fingerprint density at radius 3 is 2.30 bits per heavy atom. The Kier molecular flexibility index (Phi) is 9.60. The Labute approximate surface area is 163 Å². The first-order valence-corrected chi connectivity index (χ1v) is 9.94. The molecule has 4 nitrogen and oxygen atoms in total. The minimum Gasteiger partial charge on any atom is -0.381 e. The van der Waals surface area contributed by atoms with E-state index in [1.54, 1.807) is 0 Å². The summed E-state index contributed by atoms with van der Waals surface area (Å²) in [5.41, 5.74) is 3.24. The second-order valence-corrected chi connectivity index (χ2v) is 6.62. The summed E-state index contributed by atoms with van der Waals surface area (Å²) in [6.45, 7) is 9.33. The number of rotatable bonds is 12. The summed E-state index contributed by atoms with van der Waals surface area (Å²) in [6, 6.07) is 18.2. The third-order valence-corrected chi connectivity index (χ3v) is 4.65. The Morgan fingerprint density at radius 1 is 0.926 bits per heavy atom. The van der Waals surface area contributed by atoms with Crippen LogP contribution in [0.1, 0.15) is 41.8 Å². The zero-order valence-corrected chi connectivity index (χ0v) is 16.6. The second-order valence-electron chi connectivity index (χ2n) is 6.62. The summed E-state index contributed by atoms with van der Waals surface area (Å²) in [4.78, 5) is 14.6. The predicted octanol–water partition coefficient (Wildman–Crippen LogP) is 3.91. The molecule has 0 spiro atoms. The molecule has 0 aliphatic carbocycles. The zero-order chi connectivity index (χ0) is 19.3. The maximum absolute atomic E-state index is 12.2. The molecule has 0 heterocycles. The summed E-state index contributed by atoms with van der Waals surface area (Å²) in [5.74, 6) is -0.0197. The highest BCUT2D eigenvalue weighted by atomic mass is 16.5. The van der Waals surface area contributed by atoms with Gasteiger partial charge in [-0.05, 0) is 49.2 Å². The van der Waals surface area contributed by atoms with E-state index in [1.807, 2.05) is 42.5 Å². The molecular formula is C23H32N2O2. The van der Waals surface area contributed by atoms with Crippen LogP contribution in [0.15, 0.2) is 54.6 Å². The molecule has 4 heteroatoms. The first-order valence-electron chi connectivity index (χ1n) is 9.94. The Hall–Kier alpha value is -2.17. The molecule has 0 atom stereocenters. The fourth-order valence-electron chi connectivity index (χ4n) is 2.88. The molecule has 2 rings (SSSR count). The first-order chi connectivity index (χ1) is 13.2. The van der Waals surface area contributed by atoms with Crippen molar-refractivity contribution in [3.05, 3.63) is 71.3 Å². The molecule has 0 aliphatic rings. The highest BCUT2D eigenvalue weighted by Gasteiger charge is 2.06. The van der Waals surface area contributed by atoms with E-state index in [1.165, 1.54) is 11.1 Å². The smallest absolute Gasteiger partial charge is 0.251 e. The van der Waals surface area contributed by atoms with Crippen LogP contribution in [-0.2, 0) is 17.7 Å². The summed E-state index contributed by atoms with van der Waals surface area (Å²) < 4.78 is 5.64. The molecule has 0 unspecified atom stereocenters. The van der Waals surface area contributed by atoms with Crippen LogP contribution in [0.25, 0.3) is 0 Å². The normalized spacial score (nSPS) is 10.9. The van der Waals surface area contributed by atoms with E-state index in [-0.39, 0.29) is 5.91 Å². The maximum atomic E-state index is 12.2. The molecule has 0 saturated heterocycles. The van der Waals surface area contributed by atoms with Crippen molar-refractivity contribution in [1.29, 1.82) is 0 Å². The first kappa shape index (κ1) is 21.1. The Bertz CT molecular complexity index is 652. The van der Waals surface area contributed by atoms with Gasteiger partial charge in [0.25, 0.3) is 5.91 Å². The number of carbonyl (C=O) groups excluding carboxylic acids is 1. The van der Waals surface area contributed by atoms with Gasteiger partial charge in [0, 0.05) is 25.3 Å². The lowest BCUT2D eigenvalue weighted by molar-refractivity contribution is 0.0942. The van der Waals surface area contributed by atoms with Crippen LogP contribution in [0, 0.1) is 0 Å². The van der Waals surface area contributed by atoms with Crippen LogP contribution in [0.3, 0.4) is 0 Å². The number of hydrogen-bond donors (Lipinski definition) is 1. The number of carbonyl (C=O) groups is 1. The van der Waals surface area contributed by atoms with Crippen LogP contribution >= 0.6 is 0 Å². The third kappa shape index (κ3) is 7.94. The van der Waals surface area contributed by atoms with Crippen molar-refractivity contribution in [1.82, 2.24) is 10.2 Å². The number of hydrogen-bond acceptors (Lipinski definition) is 3. The molecule has 1 amide bonds. The molecule has 0 radical (unpaired) electrons. The van der Waals surface area contributed by atoms with Gasteiger partial charge in [0.15, 0.2) is 0 Å². The summed E-state index contributed by atoms with van der Waals surface area (Å²) in [5, 5.41) is 2.96. The van der Waals surface area contributed by atoms with Crippen LogP contribution in [0.4, 0.5) is 0 Å². The number of amides is 1. The summed E-state index contributed by atoms with van der Waals surface area (Å²) >= 11 is 0. The van der Waals surface area contributed by atoms with Crippen molar-refractivity contribution in [3.8, 4) is 0 Å². The van der Waals surface area contributed by atoms with E-state index in [0.717, 1.165) is 32.5 Å². The summed E-state index contributed by atoms with van der Waals surface area (Å²) in [7, 11) is 0. The van der Waals surface area contributed by atoms with Crippen LogP contribution in [-0.4, -0.2) is 43.7 Å². The molecule has 0 fully saturated rings. The van der Waals surface area contributed by atoms with E-state index in [2.05, 4.69) is 36.2 Å². The largest absolute Gasteiger partial charge is 0.381 e. The SMILES string of the molecule is CCN(CC)Cc1ccc(C(=O)NCCCOCCc2ccccc2)cc1. The summed E-state index contributed by atoms with van der Waals surface area (Å²) in [6.07, 6.45) is 1.74. The molecule has 27 heavy (non-hydrogen) atoms. The fourth-order valence-corrected chi connectivity index (χ4v) is 2.88. The van der Waals surface area contributed by atoms with Gasteiger partial charge >= 0.3 is 0 Å². The van der Waals surface area contributed by atoms with Gasteiger partial charge in [0.1, 0.15) is 0 Å². The average molecular weight is 369 g/mol. The van der Waals surface area contributed by atoms with Crippen LogP contribution in [0.5, 0.6) is 0 Å². The number of benzene rings is 2. The Morgan fingerprint density at radius 2 is 1.63 bits per heavy atom. The van der Waals surface area contributed by atoms with E-state index in [9.17, 15) is 4.79 Å². The number of nitrogens with zero attached hydrogens (tertiary/aromatic N) is 1. The lowest BCUT2D eigenvalue weighted by atomic mass is 10.1. The molecule has 0 aromatic heterocycles. The highest BCUT2D eigenvalue weighted by Crippen LogP contribution is 2.08. The van der Waals surface area contributed by atoms with Crippen molar-refractivity contribution in [2.45, 2.75) is 33.2 Å². The molecular weight excluding hydrogens is 336 g/mol. The Balaban J connectivity index is 1.60. The van der Waals surface area contributed by atoms with Gasteiger partial charge < -0.3 is 10.1 Å². The lowest BCUT2D eigenvalue weighted by Gasteiger charge is -2.18. The lowest BCUT2D eigenvalue weighted by Crippen LogP contribution is -2.25. The standard InChI is InChI=1S/C23H32N2O2/c1-3-25(4-2)19-21-11-13-22(14-12-21)23(26)24-16-8-17-27-18-15-20-9-6-5-7-10-20/h5-7,9-14H,3-4,8,15-19H2,1-2H3,(H,24,26). The molecule has 0 aliphatic heterocycles. The molecule has 146 valence electrons. The zero-order valence-electron chi connectivity index (χ0n) is 16.6. The number of ether oxygens (including phenoxy) is 1. The second kappa shape index (κ2) is 12.3. The van der Waals surface area contributed by atoms with Gasteiger partial charge in [-0.15, -0.1) is 0 Å². The highest BCUT2D eigenvalue weighted by molar-refractivity contribution is 5.94. The van der Waals surface area contributed by atoms with Crippen molar-refractivity contribution in [3.63, 3.8) is 0 Å². The molecule has 2 aromatic rings. The third-order valence-electron chi connectivity index (χ3n) is 4.65. The maximum Gasteiger partial charge on any atom is 0.251 e. The van der Waals surface area contributed by atoms with E-state index in [4.69, 9.17) is 4.74 Å². The molecule has 1 N–H and O–H groups in total. The fraction of sp³-hybridized carbons (Fsp3) is 0.435. The van der Waals surface area contributed by atoms with Crippen molar-refractivity contribution >= 4 is 5.91 Å². The quantitative estimate of drug-likeness (QED) is 0.578. The van der Waals surface area contributed by atoms with Gasteiger partial charge in [0.05, 0.1) is 6.61 Å². The molecule has 0 saturated carbocycles. The average Bonchev–Trinajstić information content (AvgIpc) is 2.72. The van der Waals surface area contributed by atoms with E-state index < -0.39 is 0 Å². The van der Waals surface area contributed by atoms with Gasteiger partial charge in [-0.1, -0.05) is 56.3 Å². The van der Waals surface area contributed by atoms with Gasteiger partial charge in [-0.2, -0.15) is 0 Å². The van der Waals surface area contributed by atoms with Gasteiger partial charge in [0.2, 0.25) is 0 Å². The van der Waals surface area contributed by atoms with Gasteiger partial charge in [-0.3, -0.25) is 9.69 Å². The van der Waals surface area contributed by atoms with Crippen molar-refractivity contribution < 1.29 is 9.53 Å². The minimum atomic E-state index is -0.0197. The topological polar surface area (TPSA) is 41.6 Å². The van der Waals surface area contributed by atoms with Crippen LogP contribution in [0.2, 0.25) is 0 Å². The van der Waals surface area contributed by atoms with Crippen molar-refractivity contribution in [2.24, 2.45) is 0 Å². The minimum absolute atomic E-state index is 0.0197. The molecule has 0 bridgehead atoms. The van der Waals surface area contributed by atoms with E-state index >= 15 is 0 Å². The van der Waals surface area contributed by atoms with Gasteiger partial charge in [-0.25, -0.2) is 0 Å².